The van der Waals surface area contributed by atoms with Gasteiger partial charge in [0.2, 0.25) is 10.0 Å². The predicted molar refractivity (Wildman–Crippen MR) is 71.4 cm³/mol. The van der Waals surface area contributed by atoms with Gasteiger partial charge in [0.05, 0.1) is 6.20 Å². The molecule has 0 saturated carbocycles. The van der Waals surface area contributed by atoms with E-state index in [1.165, 1.54) is 0 Å². The van der Waals surface area contributed by atoms with Crippen LogP contribution in [0.5, 0.6) is 0 Å². The van der Waals surface area contributed by atoms with Gasteiger partial charge >= 0.3 is 0 Å². The Morgan fingerprint density at radius 2 is 2.05 bits per heavy atom. The van der Waals surface area contributed by atoms with Crippen molar-refractivity contribution in [2.24, 2.45) is 11.1 Å². The molecule has 0 amide bonds. The molecule has 0 saturated heterocycles. The zero-order valence-corrected chi connectivity index (χ0v) is 12.2. The summed E-state index contributed by atoms with van der Waals surface area (Å²) in [5.74, 6) is -0.686. The van der Waals surface area contributed by atoms with E-state index in [0.717, 1.165) is 18.5 Å². The first-order chi connectivity index (χ1) is 8.66. The molecule has 3 N–H and O–H groups in total. The minimum Gasteiger partial charge on any atom is -0.330 e. The number of pyridine rings is 1. The fraction of sp³-hybridized carbons (Fsp3) is 0.583. The third-order valence-corrected chi connectivity index (χ3v) is 4.23. The molecule has 1 heterocycles. The number of aromatic nitrogens is 1. The van der Waals surface area contributed by atoms with Crippen molar-refractivity contribution in [3.8, 4) is 0 Å². The summed E-state index contributed by atoms with van der Waals surface area (Å²) in [6.45, 7) is 6.12. The molecule has 19 heavy (non-hydrogen) atoms. The molecule has 0 aromatic carbocycles. The summed E-state index contributed by atoms with van der Waals surface area (Å²) >= 11 is 0. The number of nitrogens with two attached hydrogens (primary N) is 1. The fourth-order valence-corrected chi connectivity index (χ4v) is 3.08. The lowest BCUT2D eigenvalue weighted by Gasteiger charge is -2.31. The smallest absolute Gasteiger partial charge is 0.242 e. The standard InChI is InChI=1S/C12H20FN3O2S/c1-12(2,3)11(4-5-14)16-19(17,18)10-6-9(13)7-15-8-10/h6-8,11,16H,4-5,14H2,1-3H3. The Bertz CT molecular complexity index is 526. The van der Waals surface area contributed by atoms with Gasteiger partial charge in [0.15, 0.2) is 0 Å². The van der Waals surface area contributed by atoms with E-state index in [-0.39, 0.29) is 16.4 Å². The van der Waals surface area contributed by atoms with Gasteiger partial charge in [-0.2, -0.15) is 0 Å². The van der Waals surface area contributed by atoms with Gasteiger partial charge in [-0.3, -0.25) is 4.98 Å². The molecule has 0 spiro atoms. The Morgan fingerprint density at radius 1 is 1.42 bits per heavy atom. The lowest BCUT2D eigenvalue weighted by molar-refractivity contribution is 0.287. The Labute approximate surface area is 113 Å². The van der Waals surface area contributed by atoms with Crippen LogP contribution in [0.15, 0.2) is 23.4 Å². The largest absolute Gasteiger partial charge is 0.330 e. The van der Waals surface area contributed by atoms with Crippen molar-refractivity contribution >= 4 is 10.0 Å². The molecule has 1 rings (SSSR count). The summed E-state index contributed by atoms with van der Waals surface area (Å²) in [6.07, 6.45) is 2.58. The molecule has 1 atom stereocenters. The maximum atomic E-state index is 13.0. The van der Waals surface area contributed by atoms with E-state index in [1.807, 2.05) is 20.8 Å². The van der Waals surface area contributed by atoms with Gasteiger partial charge in [0.1, 0.15) is 10.7 Å². The maximum absolute atomic E-state index is 13.0. The Kier molecular flexibility index (Phi) is 5.00. The quantitative estimate of drug-likeness (QED) is 0.854. The van der Waals surface area contributed by atoms with E-state index in [0.29, 0.717) is 13.0 Å². The second-order valence-electron chi connectivity index (χ2n) is 5.46. The zero-order valence-electron chi connectivity index (χ0n) is 11.4. The summed E-state index contributed by atoms with van der Waals surface area (Å²) in [6, 6.07) is 0.614. The van der Waals surface area contributed by atoms with Crippen LogP contribution >= 0.6 is 0 Å². The highest BCUT2D eigenvalue weighted by atomic mass is 32.2. The summed E-state index contributed by atoms with van der Waals surface area (Å²) in [4.78, 5) is 3.37. The van der Waals surface area contributed by atoms with Crippen LogP contribution in [0.2, 0.25) is 0 Å². The van der Waals surface area contributed by atoms with Crippen molar-refractivity contribution < 1.29 is 12.8 Å². The second-order valence-corrected chi connectivity index (χ2v) is 7.17. The Morgan fingerprint density at radius 3 is 2.53 bits per heavy atom. The van der Waals surface area contributed by atoms with E-state index < -0.39 is 15.8 Å². The van der Waals surface area contributed by atoms with Gasteiger partial charge in [-0.05, 0) is 24.4 Å². The first kappa shape index (κ1) is 16.0. The first-order valence-corrected chi connectivity index (χ1v) is 7.48. The minimum atomic E-state index is -3.80. The van der Waals surface area contributed by atoms with Crippen molar-refractivity contribution in [2.45, 2.75) is 38.1 Å². The van der Waals surface area contributed by atoms with Crippen LogP contribution in [0.1, 0.15) is 27.2 Å². The number of rotatable bonds is 5. The van der Waals surface area contributed by atoms with Crippen LogP contribution in [0, 0.1) is 11.2 Å². The molecule has 1 unspecified atom stereocenters. The van der Waals surface area contributed by atoms with E-state index in [2.05, 4.69) is 9.71 Å². The van der Waals surface area contributed by atoms with Crippen LogP contribution in [0.25, 0.3) is 0 Å². The summed E-state index contributed by atoms with van der Waals surface area (Å²) < 4.78 is 39.9. The van der Waals surface area contributed by atoms with Crippen LogP contribution in [0.4, 0.5) is 4.39 Å². The lowest BCUT2D eigenvalue weighted by Crippen LogP contribution is -2.44. The molecule has 0 aliphatic rings. The second kappa shape index (κ2) is 5.94. The monoisotopic (exact) mass is 289 g/mol. The van der Waals surface area contributed by atoms with E-state index in [9.17, 15) is 12.8 Å². The Balaban J connectivity index is 3.01. The highest BCUT2D eigenvalue weighted by molar-refractivity contribution is 7.89. The van der Waals surface area contributed by atoms with Crippen LogP contribution < -0.4 is 10.5 Å². The van der Waals surface area contributed by atoms with E-state index in [1.54, 1.807) is 0 Å². The topological polar surface area (TPSA) is 85.1 Å². The van der Waals surface area contributed by atoms with Crippen molar-refractivity contribution in [1.82, 2.24) is 9.71 Å². The van der Waals surface area contributed by atoms with Crippen LogP contribution in [-0.4, -0.2) is 26.0 Å². The van der Waals surface area contributed by atoms with Gasteiger partial charge in [-0.1, -0.05) is 20.8 Å². The van der Waals surface area contributed by atoms with Gasteiger partial charge in [0.25, 0.3) is 0 Å². The first-order valence-electron chi connectivity index (χ1n) is 6.00. The molecule has 5 nitrogen and oxygen atoms in total. The SMILES string of the molecule is CC(C)(C)C(CCN)NS(=O)(=O)c1cncc(F)c1. The third kappa shape index (κ3) is 4.52. The van der Waals surface area contributed by atoms with E-state index in [4.69, 9.17) is 5.73 Å². The molecule has 108 valence electrons. The van der Waals surface area contributed by atoms with Crippen molar-refractivity contribution in [1.29, 1.82) is 0 Å². The molecule has 7 heteroatoms. The van der Waals surface area contributed by atoms with Crippen molar-refractivity contribution in [3.05, 3.63) is 24.3 Å². The van der Waals surface area contributed by atoms with Gasteiger partial charge < -0.3 is 5.73 Å². The highest BCUT2D eigenvalue weighted by Crippen LogP contribution is 2.23. The fourth-order valence-electron chi connectivity index (χ4n) is 1.63. The van der Waals surface area contributed by atoms with Crippen molar-refractivity contribution in [2.75, 3.05) is 6.54 Å². The molecule has 1 aromatic heterocycles. The summed E-state index contributed by atoms with van der Waals surface area (Å²) in [5.41, 5.74) is 5.22. The lowest BCUT2D eigenvalue weighted by atomic mass is 9.85. The number of nitrogens with one attached hydrogen (secondary N) is 1. The van der Waals surface area contributed by atoms with Gasteiger partial charge in [-0.25, -0.2) is 17.5 Å². The maximum Gasteiger partial charge on any atom is 0.242 e. The molecule has 1 aromatic rings. The van der Waals surface area contributed by atoms with Gasteiger partial charge in [-0.15, -0.1) is 0 Å². The van der Waals surface area contributed by atoms with Crippen molar-refractivity contribution in [3.63, 3.8) is 0 Å². The summed E-state index contributed by atoms with van der Waals surface area (Å²) in [5, 5.41) is 0. The Hall–Kier alpha value is -1.05. The molecule has 0 aliphatic heterocycles. The van der Waals surface area contributed by atoms with Gasteiger partial charge in [0, 0.05) is 12.2 Å². The average Bonchev–Trinajstić information content (AvgIpc) is 2.27. The highest BCUT2D eigenvalue weighted by Gasteiger charge is 2.29. The third-order valence-electron chi connectivity index (χ3n) is 2.79. The minimum absolute atomic E-state index is 0.182. The number of hydrogen-bond donors (Lipinski definition) is 2. The molecule has 0 bridgehead atoms. The molecule has 0 aliphatic carbocycles. The normalized spacial score (nSPS) is 14.4. The molecule has 0 fully saturated rings. The summed E-state index contributed by atoms with van der Waals surface area (Å²) in [7, 11) is -3.80. The van der Waals surface area contributed by atoms with E-state index >= 15 is 0 Å². The number of sulfonamides is 1. The van der Waals surface area contributed by atoms with Crippen LogP contribution in [-0.2, 0) is 10.0 Å². The number of halogens is 1. The molecular weight excluding hydrogens is 269 g/mol. The molecule has 0 radical (unpaired) electrons. The number of nitrogens with zero attached hydrogens (tertiary/aromatic N) is 1. The zero-order chi connectivity index (χ0) is 14.7. The predicted octanol–water partition coefficient (Wildman–Crippen LogP) is 1.26. The average molecular weight is 289 g/mol. The van der Waals surface area contributed by atoms with Crippen LogP contribution in [0.3, 0.4) is 0 Å². The number of hydrogen-bond acceptors (Lipinski definition) is 4. The molecular formula is C12H20FN3O2S.